The molecule has 5 heteroatoms. The van der Waals surface area contributed by atoms with Gasteiger partial charge in [0, 0.05) is 5.56 Å². The number of likely N-dealkylation sites (tertiary alicyclic amines) is 1. The number of aliphatic hydroxyl groups is 1. The molecule has 1 aromatic carbocycles. The Morgan fingerprint density at radius 1 is 1.39 bits per heavy atom. The van der Waals surface area contributed by atoms with Crippen molar-refractivity contribution < 1.29 is 15.0 Å². The maximum atomic E-state index is 12.1. The van der Waals surface area contributed by atoms with Crippen LogP contribution in [0.3, 0.4) is 0 Å². The van der Waals surface area contributed by atoms with E-state index in [4.69, 9.17) is 11.6 Å². The molecule has 0 spiro atoms. The van der Waals surface area contributed by atoms with Gasteiger partial charge in [-0.3, -0.25) is 4.79 Å². The number of hydrogen-bond donors (Lipinski definition) is 2. The molecule has 0 aromatic heterocycles. The van der Waals surface area contributed by atoms with E-state index in [0.717, 1.165) is 12.8 Å². The predicted molar refractivity (Wildman–Crippen MR) is 66.7 cm³/mol. The molecule has 0 bridgehead atoms. The second-order valence-corrected chi connectivity index (χ2v) is 5.61. The van der Waals surface area contributed by atoms with E-state index in [-0.39, 0.29) is 16.7 Å². The molecule has 0 unspecified atom stereocenters. The van der Waals surface area contributed by atoms with E-state index < -0.39 is 5.60 Å². The first-order valence-electron chi connectivity index (χ1n) is 6.00. The second-order valence-electron chi connectivity index (χ2n) is 5.21. The molecule has 1 aliphatic heterocycles. The molecular formula is C13H14ClNO3. The van der Waals surface area contributed by atoms with Gasteiger partial charge in [-0.15, -0.1) is 0 Å². The molecule has 96 valence electrons. The number of β-amino-alcohol motifs (C(OH)–C–C–N with tert-alkyl or cyclic N) is 1. The fourth-order valence-electron chi connectivity index (χ4n) is 2.46. The molecule has 1 saturated heterocycles. The third-order valence-electron chi connectivity index (χ3n) is 3.75. The molecule has 1 aliphatic carbocycles. The van der Waals surface area contributed by atoms with Gasteiger partial charge >= 0.3 is 0 Å². The van der Waals surface area contributed by atoms with Crippen molar-refractivity contribution in [3.05, 3.63) is 28.8 Å². The zero-order valence-corrected chi connectivity index (χ0v) is 10.5. The second kappa shape index (κ2) is 3.87. The number of phenolic OH excluding ortho intramolecular Hbond substituents is 1. The van der Waals surface area contributed by atoms with Gasteiger partial charge in [-0.2, -0.15) is 0 Å². The van der Waals surface area contributed by atoms with Crippen molar-refractivity contribution >= 4 is 17.5 Å². The number of halogens is 1. The Morgan fingerprint density at radius 2 is 2.06 bits per heavy atom. The van der Waals surface area contributed by atoms with Crippen LogP contribution in [0.4, 0.5) is 0 Å². The SMILES string of the molecule is O=C(c1ccc(O)c(Cl)c1)N1CC(O)(C2CC2)C1. The summed E-state index contributed by atoms with van der Waals surface area (Å²) in [5.41, 5.74) is -0.230. The standard InChI is InChI=1S/C13H14ClNO3/c14-10-5-8(1-4-11(10)16)12(17)15-6-13(18,7-15)9-2-3-9/h1,4-5,9,16,18H,2-3,6-7H2. The number of benzene rings is 1. The molecule has 0 radical (unpaired) electrons. The lowest BCUT2D eigenvalue weighted by Crippen LogP contribution is -2.64. The summed E-state index contributed by atoms with van der Waals surface area (Å²) in [4.78, 5) is 13.7. The van der Waals surface area contributed by atoms with Crippen LogP contribution >= 0.6 is 11.6 Å². The van der Waals surface area contributed by atoms with Crippen LogP contribution in [0.15, 0.2) is 18.2 Å². The van der Waals surface area contributed by atoms with Crippen molar-refractivity contribution in [1.82, 2.24) is 4.90 Å². The average Bonchev–Trinajstić information content (AvgIpc) is 3.12. The summed E-state index contributed by atoms with van der Waals surface area (Å²) >= 11 is 5.77. The maximum absolute atomic E-state index is 12.1. The highest BCUT2D eigenvalue weighted by Crippen LogP contribution is 2.44. The normalized spacial score (nSPS) is 21.6. The fourth-order valence-corrected chi connectivity index (χ4v) is 2.64. The summed E-state index contributed by atoms with van der Waals surface area (Å²) < 4.78 is 0. The summed E-state index contributed by atoms with van der Waals surface area (Å²) in [7, 11) is 0. The number of rotatable bonds is 2. The Bertz CT molecular complexity index is 507. The number of phenols is 1. The summed E-state index contributed by atoms with van der Waals surface area (Å²) in [5, 5.41) is 19.6. The molecule has 1 aromatic rings. The van der Waals surface area contributed by atoms with E-state index in [1.807, 2.05) is 0 Å². The molecule has 1 heterocycles. The van der Waals surface area contributed by atoms with Crippen LogP contribution in [0, 0.1) is 5.92 Å². The summed E-state index contributed by atoms with van der Waals surface area (Å²) in [5.74, 6) is 0.179. The number of amides is 1. The van der Waals surface area contributed by atoms with Crippen molar-refractivity contribution in [1.29, 1.82) is 0 Å². The van der Waals surface area contributed by atoms with Gasteiger partial charge in [-0.25, -0.2) is 0 Å². The first-order valence-corrected chi connectivity index (χ1v) is 6.37. The van der Waals surface area contributed by atoms with E-state index in [2.05, 4.69) is 0 Å². The third kappa shape index (κ3) is 1.85. The molecule has 18 heavy (non-hydrogen) atoms. The Kier molecular flexibility index (Phi) is 2.54. The topological polar surface area (TPSA) is 60.8 Å². The monoisotopic (exact) mass is 267 g/mol. The number of hydrogen-bond acceptors (Lipinski definition) is 3. The van der Waals surface area contributed by atoms with E-state index in [1.54, 1.807) is 4.90 Å². The molecule has 2 N–H and O–H groups in total. The van der Waals surface area contributed by atoms with Crippen LogP contribution in [0.25, 0.3) is 0 Å². The first-order chi connectivity index (χ1) is 8.49. The number of nitrogens with zero attached hydrogens (tertiary/aromatic N) is 1. The van der Waals surface area contributed by atoms with Crippen LogP contribution in [-0.2, 0) is 0 Å². The van der Waals surface area contributed by atoms with Crippen LogP contribution in [0.2, 0.25) is 5.02 Å². The highest BCUT2D eigenvalue weighted by atomic mass is 35.5. The highest BCUT2D eigenvalue weighted by molar-refractivity contribution is 6.32. The Hall–Kier alpha value is -1.26. The van der Waals surface area contributed by atoms with E-state index in [9.17, 15) is 15.0 Å². The largest absolute Gasteiger partial charge is 0.506 e. The third-order valence-corrected chi connectivity index (χ3v) is 4.05. The van der Waals surface area contributed by atoms with E-state index >= 15 is 0 Å². The van der Waals surface area contributed by atoms with Gasteiger partial charge in [0.25, 0.3) is 5.91 Å². The molecule has 0 atom stereocenters. The van der Waals surface area contributed by atoms with Gasteiger partial charge < -0.3 is 15.1 Å². The lowest BCUT2D eigenvalue weighted by Gasteiger charge is -2.47. The van der Waals surface area contributed by atoms with Gasteiger partial charge in [-0.05, 0) is 37.0 Å². The number of aromatic hydroxyl groups is 1. The number of carbonyl (C=O) groups excluding carboxylic acids is 1. The van der Waals surface area contributed by atoms with Gasteiger partial charge in [0.1, 0.15) is 11.4 Å². The first kappa shape index (κ1) is 11.8. The number of carbonyl (C=O) groups is 1. The average molecular weight is 268 g/mol. The lowest BCUT2D eigenvalue weighted by molar-refractivity contribution is -0.0958. The fraction of sp³-hybridized carbons (Fsp3) is 0.462. The minimum atomic E-state index is -0.670. The van der Waals surface area contributed by atoms with Crippen LogP contribution in [0.1, 0.15) is 23.2 Å². The zero-order valence-electron chi connectivity index (χ0n) is 9.77. The predicted octanol–water partition coefficient (Wildman–Crippen LogP) is 1.64. The molecule has 4 nitrogen and oxygen atoms in total. The van der Waals surface area contributed by atoms with Gasteiger partial charge in [0.2, 0.25) is 0 Å². The van der Waals surface area contributed by atoms with Crippen molar-refractivity contribution in [2.24, 2.45) is 5.92 Å². The minimum absolute atomic E-state index is 0.0358. The van der Waals surface area contributed by atoms with Crippen molar-refractivity contribution in [2.75, 3.05) is 13.1 Å². The van der Waals surface area contributed by atoms with Gasteiger partial charge in [0.15, 0.2) is 0 Å². The van der Waals surface area contributed by atoms with Crippen molar-refractivity contribution in [3.63, 3.8) is 0 Å². The van der Waals surface area contributed by atoms with Crippen LogP contribution in [-0.4, -0.2) is 39.7 Å². The molecule has 3 rings (SSSR count). The van der Waals surface area contributed by atoms with Gasteiger partial charge in [0.05, 0.1) is 18.1 Å². The van der Waals surface area contributed by atoms with Crippen molar-refractivity contribution in [3.8, 4) is 5.75 Å². The lowest BCUT2D eigenvalue weighted by atomic mass is 9.88. The van der Waals surface area contributed by atoms with Crippen LogP contribution < -0.4 is 0 Å². The quantitative estimate of drug-likeness (QED) is 0.856. The molecule has 1 saturated carbocycles. The maximum Gasteiger partial charge on any atom is 0.254 e. The minimum Gasteiger partial charge on any atom is -0.506 e. The molecule has 2 aliphatic rings. The Labute approximate surface area is 110 Å². The summed E-state index contributed by atoms with van der Waals surface area (Å²) in [6.07, 6.45) is 2.12. The molecule has 2 fully saturated rings. The summed E-state index contributed by atoms with van der Waals surface area (Å²) in [6, 6.07) is 4.40. The highest BCUT2D eigenvalue weighted by Gasteiger charge is 2.53. The van der Waals surface area contributed by atoms with Crippen LogP contribution in [0.5, 0.6) is 5.75 Å². The Morgan fingerprint density at radius 3 is 2.61 bits per heavy atom. The summed E-state index contributed by atoms with van der Waals surface area (Å²) in [6.45, 7) is 0.796. The molecule has 1 amide bonds. The van der Waals surface area contributed by atoms with E-state index in [0.29, 0.717) is 24.6 Å². The van der Waals surface area contributed by atoms with Gasteiger partial charge in [-0.1, -0.05) is 11.6 Å². The smallest absolute Gasteiger partial charge is 0.254 e. The zero-order chi connectivity index (χ0) is 12.9. The Balaban J connectivity index is 1.70. The van der Waals surface area contributed by atoms with E-state index in [1.165, 1.54) is 18.2 Å². The molecular weight excluding hydrogens is 254 g/mol. The van der Waals surface area contributed by atoms with Crippen molar-refractivity contribution in [2.45, 2.75) is 18.4 Å².